The average molecular weight is 283 g/mol. The maximum Gasteiger partial charge on any atom is 0.175 e. The molecule has 1 aliphatic heterocycles. The van der Waals surface area contributed by atoms with Crippen LogP contribution in [0.25, 0.3) is 0 Å². The smallest absolute Gasteiger partial charge is 0.175 e. The van der Waals surface area contributed by atoms with E-state index in [-0.39, 0.29) is 6.10 Å². The van der Waals surface area contributed by atoms with Gasteiger partial charge in [0.25, 0.3) is 0 Å². The van der Waals surface area contributed by atoms with E-state index in [1.165, 1.54) is 6.26 Å². The van der Waals surface area contributed by atoms with Crippen LogP contribution in [0.3, 0.4) is 0 Å². The highest BCUT2D eigenvalue weighted by Gasteiger charge is 2.21. The van der Waals surface area contributed by atoms with E-state index in [0.717, 1.165) is 30.6 Å². The van der Waals surface area contributed by atoms with Gasteiger partial charge in [0.1, 0.15) is 0 Å². The third kappa shape index (κ3) is 3.70. The van der Waals surface area contributed by atoms with Crippen molar-refractivity contribution in [3.05, 3.63) is 23.8 Å². The number of hydrogen-bond acceptors (Lipinski definition) is 4. The zero-order chi connectivity index (χ0) is 14.0. The summed E-state index contributed by atoms with van der Waals surface area (Å²) in [5.74, 6) is 0. The lowest BCUT2D eigenvalue weighted by Crippen LogP contribution is -2.20. The molecule has 0 aromatic heterocycles. The largest absolute Gasteiger partial charge is 0.382 e. The molecule has 1 aliphatic rings. The number of ether oxygens (including phenoxy) is 1. The van der Waals surface area contributed by atoms with Crippen LogP contribution in [0, 0.1) is 6.92 Å². The van der Waals surface area contributed by atoms with E-state index < -0.39 is 9.84 Å². The van der Waals surface area contributed by atoms with Gasteiger partial charge in [-0.1, -0.05) is 6.07 Å². The van der Waals surface area contributed by atoms with Gasteiger partial charge in [-0.15, -0.1) is 0 Å². The van der Waals surface area contributed by atoms with Gasteiger partial charge in [0.15, 0.2) is 9.84 Å². The molecule has 1 aromatic carbocycles. The first-order valence-electron chi connectivity index (χ1n) is 6.56. The van der Waals surface area contributed by atoms with Crippen molar-refractivity contribution < 1.29 is 13.2 Å². The molecular formula is C14H21NO3S. The van der Waals surface area contributed by atoms with E-state index >= 15 is 0 Å². The average Bonchev–Trinajstić information content (AvgIpc) is 2.72. The Morgan fingerprint density at radius 1 is 1.37 bits per heavy atom. The normalized spacial score (nSPS) is 23.5. The molecule has 0 radical (unpaired) electrons. The lowest BCUT2D eigenvalue weighted by Gasteiger charge is -2.15. The fourth-order valence-corrected chi connectivity index (χ4v) is 2.93. The number of nitrogens with one attached hydrogen (secondary N) is 1. The highest BCUT2D eigenvalue weighted by Crippen LogP contribution is 2.23. The molecule has 5 heteroatoms. The summed E-state index contributed by atoms with van der Waals surface area (Å²) in [6.45, 7) is 4.76. The van der Waals surface area contributed by atoms with Crippen molar-refractivity contribution in [3.63, 3.8) is 0 Å². The van der Waals surface area contributed by atoms with E-state index in [0.29, 0.717) is 11.0 Å². The van der Waals surface area contributed by atoms with Gasteiger partial charge < -0.3 is 10.1 Å². The molecule has 0 aliphatic carbocycles. The van der Waals surface area contributed by atoms with Gasteiger partial charge in [0, 0.05) is 18.5 Å². The summed E-state index contributed by atoms with van der Waals surface area (Å²) >= 11 is 0. The van der Waals surface area contributed by atoms with E-state index in [9.17, 15) is 8.42 Å². The molecule has 19 heavy (non-hydrogen) atoms. The van der Waals surface area contributed by atoms with E-state index in [1.54, 1.807) is 12.1 Å². The van der Waals surface area contributed by atoms with E-state index in [1.807, 2.05) is 13.0 Å². The number of benzene rings is 1. The van der Waals surface area contributed by atoms with Crippen molar-refractivity contribution in [1.29, 1.82) is 0 Å². The SMILES string of the molecule is Cc1ccc(S(C)(=O)=O)cc1NCC1CCC(C)O1. The molecular weight excluding hydrogens is 262 g/mol. The molecule has 1 heterocycles. The first-order chi connectivity index (χ1) is 8.86. The van der Waals surface area contributed by atoms with Gasteiger partial charge in [0.05, 0.1) is 17.1 Å². The zero-order valence-electron chi connectivity index (χ0n) is 11.6. The van der Waals surface area contributed by atoms with Crippen LogP contribution in [0.2, 0.25) is 0 Å². The predicted molar refractivity (Wildman–Crippen MR) is 76.3 cm³/mol. The molecule has 2 unspecified atom stereocenters. The van der Waals surface area contributed by atoms with Crippen LogP contribution in [0.4, 0.5) is 5.69 Å². The Morgan fingerprint density at radius 2 is 2.11 bits per heavy atom. The van der Waals surface area contributed by atoms with Crippen LogP contribution >= 0.6 is 0 Å². The van der Waals surface area contributed by atoms with Gasteiger partial charge in [-0.05, 0) is 44.4 Å². The first-order valence-corrected chi connectivity index (χ1v) is 8.45. The van der Waals surface area contributed by atoms with Crippen LogP contribution in [-0.4, -0.2) is 33.4 Å². The molecule has 1 N–H and O–H groups in total. The van der Waals surface area contributed by atoms with Gasteiger partial charge >= 0.3 is 0 Å². The summed E-state index contributed by atoms with van der Waals surface area (Å²) in [6.07, 6.45) is 3.92. The van der Waals surface area contributed by atoms with Crippen molar-refractivity contribution in [2.24, 2.45) is 0 Å². The lowest BCUT2D eigenvalue weighted by molar-refractivity contribution is 0.0637. The summed E-state index contributed by atoms with van der Waals surface area (Å²) in [5.41, 5.74) is 1.91. The number of sulfone groups is 1. The minimum absolute atomic E-state index is 0.219. The molecule has 1 aromatic rings. The standard InChI is InChI=1S/C14H21NO3S/c1-10-4-7-13(19(3,16)17)8-14(10)15-9-12-6-5-11(2)18-12/h4,7-8,11-12,15H,5-6,9H2,1-3H3. The van der Waals surface area contributed by atoms with Crippen LogP contribution in [0.1, 0.15) is 25.3 Å². The third-order valence-electron chi connectivity index (χ3n) is 3.48. The quantitative estimate of drug-likeness (QED) is 0.921. The summed E-state index contributed by atoms with van der Waals surface area (Å²) in [5, 5.41) is 3.30. The number of hydrogen-bond donors (Lipinski definition) is 1. The number of aryl methyl sites for hydroxylation is 1. The second-order valence-electron chi connectivity index (χ2n) is 5.28. The minimum atomic E-state index is -3.16. The molecule has 0 saturated carbocycles. The second kappa shape index (κ2) is 5.51. The van der Waals surface area contributed by atoms with Crippen molar-refractivity contribution in [2.75, 3.05) is 18.1 Å². The zero-order valence-corrected chi connectivity index (χ0v) is 12.5. The Kier molecular flexibility index (Phi) is 4.16. The molecule has 1 fully saturated rings. The molecule has 0 bridgehead atoms. The summed E-state index contributed by atoms with van der Waals surface area (Å²) < 4.78 is 28.8. The Bertz CT molecular complexity index is 554. The van der Waals surface area contributed by atoms with Crippen molar-refractivity contribution in [1.82, 2.24) is 0 Å². The molecule has 4 nitrogen and oxygen atoms in total. The monoisotopic (exact) mass is 283 g/mol. The molecule has 2 atom stereocenters. The van der Waals surface area contributed by atoms with E-state index in [2.05, 4.69) is 12.2 Å². The van der Waals surface area contributed by atoms with Gasteiger partial charge in [0.2, 0.25) is 0 Å². The first kappa shape index (κ1) is 14.3. The summed E-state index contributed by atoms with van der Waals surface area (Å²) in [7, 11) is -3.16. The molecule has 0 spiro atoms. The predicted octanol–water partition coefficient (Wildman–Crippen LogP) is 2.38. The van der Waals surface area contributed by atoms with Crippen molar-refractivity contribution >= 4 is 15.5 Å². The van der Waals surface area contributed by atoms with Crippen LogP contribution in [-0.2, 0) is 14.6 Å². The lowest BCUT2D eigenvalue weighted by atomic mass is 10.1. The Morgan fingerprint density at radius 3 is 2.68 bits per heavy atom. The van der Waals surface area contributed by atoms with Gasteiger partial charge in [-0.25, -0.2) is 8.42 Å². The van der Waals surface area contributed by atoms with Crippen molar-refractivity contribution in [3.8, 4) is 0 Å². The molecule has 106 valence electrons. The molecule has 1 saturated heterocycles. The third-order valence-corrected chi connectivity index (χ3v) is 4.59. The van der Waals surface area contributed by atoms with Gasteiger partial charge in [-0.3, -0.25) is 0 Å². The summed E-state index contributed by atoms with van der Waals surface area (Å²) in [6, 6.07) is 5.17. The highest BCUT2D eigenvalue weighted by molar-refractivity contribution is 7.90. The van der Waals surface area contributed by atoms with Crippen LogP contribution in [0.15, 0.2) is 23.1 Å². The Labute approximate surface area is 115 Å². The second-order valence-corrected chi connectivity index (χ2v) is 7.29. The fraction of sp³-hybridized carbons (Fsp3) is 0.571. The number of anilines is 1. The molecule has 2 rings (SSSR count). The van der Waals surface area contributed by atoms with Crippen molar-refractivity contribution in [2.45, 2.75) is 43.8 Å². The highest BCUT2D eigenvalue weighted by atomic mass is 32.2. The Hall–Kier alpha value is -1.07. The number of rotatable bonds is 4. The fourth-order valence-electron chi connectivity index (χ4n) is 2.28. The van der Waals surface area contributed by atoms with Gasteiger partial charge in [-0.2, -0.15) is 0 Å². The van der Waals surface area contributed by atoms with Crippen LogP contribution < -0.4 is 5.32 Å². The Balaban J connectivity index is 2.07. The minimum Gasteiger partial charge on any atom is -0.382 e. The van der Waals surface area contributed by atoms with Crippen LogP contribution in [0.5, 0.6) is 0 Å². The topological polar surface area (TPSA) is 55.4 Å². The van der Waals surface area contributed by atoms with E-state index in [4.69, 9.17) is 4.74 Å². The summed E-state index contributed by atoms with van der Waals surface area (Å²) in [4.78, 5) is 0.348. The maximum atomic E-state index is 11.5. The molecule has 0 amide bonds. The maximum absolute atomic E-state index is 11.5.